The van der Waals surface area contributed by atoms with Crippen molar-refractivity contribution in [1.29, 1.82) is 0 Å². The Morgan fingerprint density at radius 2 is 2.00 bits per heavy atom. The van der Waals surface area contributed by atoms with Crippen LogP contribution < -0.4 is 0 Å². The van der Waals surface area contributed by atoms with Crippen LogP contribution in [0.2, 0.25) is 0 Å². The van der Waals surface area contributed by atoms with Gasteiger partial charge in [-0.05, 0) is 21.5 Å². The standard InChI is InChI=1S/C12H12BrNOS/c1-8(9-5-3-2-4-6-9)11(15)12-14-10(13)7-16-12/h2-8,11,15H,1H3. The van der Waals surface area contributed by atoms with Crippen molar-refractivity contribution in [2.45, 2.75) is 18.9 Å². The molecule has 0 aliphatic carbocycles. The average Bonchev–Trinajstić information content (AvgIpc) is 2.75. The molecule has 2 unspecified atom stereocenters. The maximum atomic E-state index is 10.2. The summed E-state index contributed by atoms with van der Waals surface area (Å²) in [6.07, 6.45) is -0.543. The number of aliphatic hydroxyl groups excluding tert-OH is 1. The molecule has 0 bridgehead atoms. The fourth-order valence-electron chi connectivity index (χ4n) is 1.56. The second-order valence-electron chi connectivity index (χ2n) is 3.65. The Morgan fingerprint density at radius 3 is 2.56 bits per heavy atom. The summed E-state index contributed by atoms with van der Waals surface area (Å²) in [5.41, 5.74) is 1.13. The van der Waals surface area contributed by atoms with Gasteiger partial charge in [-0.2, -0.15) is 0 Å². The van der Waals surface area contributed by atoms with Crippen LogP contribution in [0.4, 0.5) is 0 Å². The molecule has 2 aromatic rings. The minimum absolute atomic E-state index is 0.0549. The van der Waals surface area contributed by atoms with Gasteiger partial charge in [0, 0.05) is 11.3 Å². The molecule has 1 aromatic heterocycles. The van der Waals surface area contributed by atoms with Gasteiger partial charge in [0.1, 0.15) is 15.7 Å². The maximum absolute atomic E-state index is 10.2. The Balaban J connectivity index is 2.19. The lowest BCUT2D eigenvalue weighted by Crippen LogP contribution is -2.07. The molecule has 0 saturated carbocycles. The summed E-state index contributed by atoms with van der Waals surface area (Å²) in [5, 5.41) is 12.8. The topological polar surface area (TPSA) is 33.1 Å². The first-order chi connectivity index (χ1) is 7.68. The van der Waals surface area contributed by atoms with Crippen molar-refractivity contribution in [1.82, 2.24) is 4.98 Å². The third kappa shape index (κ3) is 2.51. The smallest absolute Gasteiger partial charge is 0.123 e. The van der Waals surface area contributed by atoms with Gasteiger partial charge in [0.25, 0.3) is 0 Å². The molecule has 0 amide bonds. The van der Waals surface area contributed by atoms with Crippen LogP contribution in [0.1, 0.15) is 29.5 Å². The average molecular weight is 298 g/mol. The summed E-state index contributed by atoms with van der Waals surface area (Å²) in [5.74, 6) is 0.0549. The van der Waals surface area contributed by atoms with E-state index in [1.54, 1.807) is 0 Å². The minimum Gasteiger partial charge on any atom is -0.385 e. The van der Waals surface area contributed by atoms with E-state index < -0.39 is 6.10 Å². The van der Waals surface area contributed by atoms with E-state index >= 15 is 0 Å². The molecule has 1 N–H and O–H groups in total. The molecule has 0 aliphatic heterocycles. The van der Waals surface area contributed by atoms with Gasteiger partial charge in [-0.1, -0.05) is 37.3 Å². The quantitative estimate of drug-likeness (QED) is 0.936. The number of aliphatic hydroxyl groups is 1. The molecule has 2 rings (SSSR count). The van der Waals surface area contributed by atoms with Crippen LogP contribution >= 0.6 is 27.3 Å². The maximum Gasteiger partial charge on any atom is 0.123 e. The van der Waals surface area contributed by atoms with E-state index in [4.69, 9.17) is 0 Å². The predicted molar refractivity (Wildman–Crippen MR) is 69.6 cm³/mol. The number of halogens is 1. The van der Waals surface area contributed by atoms with E-state index in [0.29, 0.717) is 0 Å². The van der Waals surface area contributed by atoms with E-state index in [1.807, 2.05) is 42.6 Å². The lowest BCUT2D eigenvalue weighted by atomic mass is 9.96. The van der Waals surface area contributed by atoms with Crippen LogP contribution in [0.5, 0.6) is 0 Å². The Labute approximate surface area is 107 Å². The molecular formula is C12H12BrNOS. The van der Waals surface area contributed by atoms with Gasteiger partial charge in [0.05, 0.1) is 0 Å². The Morgan fingerprint density at radius 1 is 1.31 bits per heavy atom. The van der Waals surface area contributed by atoms with Crippen LogP contribution in [-0.4, -0.2) is 10.1 Å². The molecule has 1 heterocycles. The molecule has 0 radical (unpaired) electrons. The molecular weight excluding hydrogens is 286 g/mol. The largest absolute Gasteiger partial charge is 0.385 e. The van der Waals surface area contributed by atoms with Crippen LogP contribution in [0.25, 0.3) is 0 Å². The van der Waals surface area contributed by atoms with Crippen LogP contribution in [0.3, 0.4) is 0 Å². The Hall–Kier alpha value is -0.710. The fourth-order valence-corrected chi connectivity index (χ4v) is 2.91. The van der Waals surface area contributed by atoms with Gasteiger partial charge in [-0.15, -0.1) is 11.3 Å². The van der Waals surface area contributed by atoms with Gasteiger partial charge in [-0.25, -0.2) is 4.98 Å². The molecule has 84 valence electrons. The molecule has 1 aromatic carbocycles. The highest BCUT2D eigenvalue weighted by Crippen LogP contribution is 2.32. The van der Waals surface area contributed by atoms with Crippen molar-refractivity contribution in [2.24, 2.45) is 0 Å². The molecule has 2 atom stereocenters. The molecule has 0 saturated heterocycles. The van der Waals surface area contributed by atoms with Gasteiger partial charge in [0.15, 0.2) is 0 Å². The van der Waals surface area contributed by atoms with E-state index in [9.17, 15) is 5.11 Å². The highest BCUT2D eigenvalue weighted by molar-refractivity contribution is 9.10. The molecule has 0 fully saturated rings. The van der Waals surface area contributed by atoms with Crippen LogP contribution in [0.15, 0.2) is 40.3 Å². The Bertz CT molecular complexity index is 457. The van der Waals surface area contributed by atoms with Crippen molar-refractivity contribution in [3.63, 3.8) is 0 Å². The van der Waals surface area contributed by atoms with Crippen molar-refractivity contribution in [2.75, 3.05) is 0 Å². The zero-order valence-electron chi connectivity index (χ0n) is 8.80. The second-order valence-corrected chi connectivity index (χ2v) is 5.35. The first kappa shape index (κ1) is 11.8. The van der Waals surface area contributed by atoms with E-state index in [1.165, 1.54) is 11.3 Å². The van der Waals surface area contributed by atoms with Crippen LogP contribution in [0, 0.1) is 0 Å². The monoisotopic (exact) mass is 297 g/mol. The summed E-state index contributed by atoms with van der Waals surface area (Å²) >= 11 is 4.77. The van der Waals surface area contributed by atoms with Gasteiger partial charge >= 0.3 is 0 Å². The highest BCUT2D eigenvalue weighted by Gasteiger charge is 2.20. The third-order valence-electron chi connectivity index (χ3n) is 2.55. The lowest BCUT2D eigenvalue weighted by molar-refractivity contribution is 0.151. The summed E-state index contributed by atoms with van der Waals surface area (Å²) in [4.78, 5) is 4.24. The summed E-state index contributed by atoms with van der Waals surface area (Å²) in [6, 6.07) is 9.99. The summed E-state index contributed by atoms with van der Waals surface area (Å²) in [7, 11) is 0. The molecule has 0 spiro atoms. The van der Waals surface area contributed by atoms with Crippen molar-refractivity contribution < 1.29 is 5.11 Å². The molecule has 0 aliphatic rings. The Kier molecular flexibility index (Phi) is 3.74. The summed E-state index contributed by atoms with van der Waals surface area (Å²) < 4.78 is 0.784. The first-order valence-corrected chi connectivity index (χ1v) is 6.69. The number of benzene rings is 1. The van der Waals surface area contributed by atoms with Crippen LogP contribution in [-0.2, 0) is 0 Å². The third-order valence-corrected chi connectivity index (χ3v) is 4.17. The number of rotatable bonds is 3. The zero-order chi connectivity index (χ0) is 11.5. The predicted octanol–water partition coefficient (Wildman–Crippen LogP) is 3.74. The number of thiazole rings is 1. The summed E-state index contributed by atoms with van der Waals surface area (Å²) in [6.45, 7) is 2.01. The number of hydrogen-bond acceptors (Lipinski definition) is 3. The van der Waals surface area contributed by atoms with E-state index in [2.05, 4.69) is 20.9 Å². The second kappa shape index (κ2) is 5.08. The van der Waals surface area contributed by atoms with Crippen molar-refractivity contribution >= 4 is 27.3 Å². The van der Waals surface area contributed by atoms with E-state index in [0.717, 1.165) is 15.2 Å². The minimum atomic E-state index is -0.543. The lowest BCUT2D eigenvalue weighted by Gasteiger charge is -2.16. The fraction of sp³-hybridized carbons (Fsp3) is 0.250. The number of aromatic nitrogens is 1. The number of nitrogens with zero attached hydrogens (tertiary/aromatic N) is 1. The SMILES string of the molecule is CC(c1ccccc1)C(O)c1nc(Br)cs1. The zero-order valence-corrected chi connectivity index (χ0v) is 11.2. The first-order valence-electron chi connectivity index (χ1n) is 5.02. The molecule has 2 nitrogen and oxygen atoms in total. The van der Waals surface area contributed by atoms with Gasteiger partial charge in [-0.3, -0.25) is 0 Å². The molecule has 16 heavy (non-hydrogen) atoms. The van der Waals surface area contributed by atoms with Crippen molar-refractivity contribution in [3.8, 4) is 0 Å². The van der Waals surface area contributed by atoms with Gasteiger partial charge in [0.2, 0.25) is 0 Å². The van der Waals surface area contributed by atoms with Crippen molar-refractivity contribution in [3.05, 3.63) is 50.9 Å². The normalized spacial score (nSPS) is 14.7. The number of hydrogen-bond donors (Lipinski definition) is 1. The van der Waals surface area contributed by atoms with Gasteiger partial charge < -0.3 is 5.11 Å². The highest BCUT2D eigenvalue weighted by atomic mass is 79.9. The molecule has 4 heteroatoms. The van der Waals surface area contributed by atoms with E-state index in [-0.39, 0.29) is 5.92 Å².